The lowest BCUT2D eigenvalue weighted by molar-refractivity contribution is -0.140. The van der Waals surface area contributed by atoms with Crippen molar-refractivity contribution in [2.75, 3.05) is 20.6 Å². The van der Waals surface area contributed by atoms with Gasteiger partial charge in [-0.15, -0.1) is 11.3 Å². The third-order valence-electron chi connectivity index (χ3n) is 1.96. The van der Waals surface area contributed by atoms with Gasteiger partial charge in [0.25, 0.3) is 0 Å². The summed E-state index contributed by atoms with van der Waals surface area (Å²) in [5.74, 6) is 0.626. The second-order valence-electron chi connectivity index (χ2n) is 3.69. The van der Waals surface area contributed by atoms with Crippen molar-refractivity contribution in [1.29, 1.82) is 0 Å². The molecule has 1 rings (SSSR count). The topological polar surface area (TPSA) is 40.5 Å². The van der Waals surface area contributed by atoms with Crippen LogP contribution in [-0.2, 0) is 12.7 Å². The second-order valence-corrected chi connectivity index (χ2v) is 4.63. The van der Waals surface area contributed by atoms with E-state index >= 15 is 0 Å². The zero-order valence-corrected chi connectivity index (χ0v) is 11.2. The Hall–Kier alpha value is -1.31. The minimum absolute atomic E-state index is 0.140. The van der Waals surface area contributed by atoms with Crippen molar-refractivity contribution in [1.82, 2.24) is 15.2 Å². The first kappa shape index (κ1) is 14.7. The summed E-state index contributed by atoms with van der Waals surface area (Å²) in [4.78, 5) is 9.47. The van der Waals surface area contributed by atoms with Gasteiger partial charge in [-0.3, -0.25) is 0 Å². The van der Waals surface area contributed by atoms with Crippen LogP contribution in [0.15, 0.2) is 10.4 Å². The highest BCUT2D eigenvalue weighted by molar-refractivity contribution is 7.09. The average molecular weight is 280 g/mol. The van der Waals surface area contributed by atoms with E-state index in [-0.39, 0.29) is 6.54 Å². The lowest BCUT2D eigenvalue weighted by Crippen LogP contribution is -2.36. The lowest BCUT2D eigenvalue weighted by atomic mass is 10.5. The SMILES string of the molecule is CCNC(=NCc1nc(C(F)(F)F)cs1)N(C)C. The molecule has 0 saturated carbocycles. The zero-order valence-electron chi connectivity index (χ0n) is 10.4. The first-order valence-corrected chi connectivity index (χ1v) is 6.19. The van der Waals surface area contributed by atoms with Crippen LogP contribution < -0.4 is 5.32 Å². The largest absolute Gasteiger partial charge is 0.434 e. The Morgan fingerprint density at radius 2 is 2.17 bits per heavy atom. The first-order valence-electron chi connectivity index (χ1n) is 5.31. The van der Waals surface area contributed by atoms with Gasteiger partial charge in [-0.05, 0) is 6.92 Å². The molecule has 0 aromatic carbocycles. The van der Waals surface area contributed by atoms with E-state index in [4.69, 9.17) is 0 Å². The Bertz CT molecular complexity index is 412. The molecule has 8 heteroatoms. The third kappa shape index (κ3) is 4.17. The van der Waals surface area contributed by atoms with Crippen molar-refractivity contribution < 1.29 is 13.2 Å². The van der Waals surface area contributed by atoms with E-state index in [9.17, 15) is 13.2 Å². The maximum Gasteiger partial charge on any atom is 0.434 e. The lowest BCUT2D eigenvalue weighted by Gasteiger charge is -2.16. The van der Waals surface area contributed by atoms with E-state index in [1.807, 2.05) is 21.0 Å². The summed E-state index contributed by atoms with van der Waals surface area (Å²) < 4.78 is 37.0. The van der Waals surface area contributed by atoms with E-state index in [1.165, 1.54) is 0 Å². The molecule has 0 bridgehead atoms. The normalized spacial score (nSPS) is 12.7. The third-order valence-corrected chi connectivity index (χ3v) is 2.80. The summed E-state index contributed by atoms with van der Waals surface area (Å²) in [6, 6.07) is 0. The molecule has 0 saturated heterocycles. The standard InChI is InChI=1S/C10H15F3N4S/c1-4-14-9(17(2)3)15-5-8-16-7(6-18-8)10(11,12)13/h6H,4-5H2,1-3H3,(H,14,15). The van der Waals surface area contributed by atoms with Crippen LogP contribution >= 0.6 is 11.3 Å². The fourth-order valence-electron chi connectivity index (χ4n) is 1.17. The summed E-state index contributed by atoms with van der Waals surface area (Å²) in [6.07, 6.45) is -4.38. The molecule has 1 heterocycles. The van der Waals surface area contributed by atoms with Crippen LogP contribution in [-0.4, -0.2) is 36.5 Å². The van der Waals surface area contributed by atoms with E-state index in [0.29, 0.717) is 17.5 Å². The van der Waals surface area contributed by atoms with Crippen molar-refractivity contribution in [3.05, 3.63) is 16.1 Å². The molecule has 4 nitrogen and oxygen atoms in total. The van der Waals surface area contributed by atoms with Crippen molar-refractivity contribution in [2.45, 2.75) is 19.6 Å². The quantitative estimate of drug-likeness (QED) is 0.681. The second kappa shape index (κ2) is 6.03. The van der Waals surface area contributed by atoms with Gasteiger partial charge in [0.15, 0.2) is 11.7 Å². The van der Waals surface area contributed by atoms with Gasteiger partial charge >= 0.3 is 6.18 Å². The molecule has 0 radical (unpaired) electrons. The van der Waals surface area contributed by atoms with Crippen molar-refractivity contribution in [3.63, 3.8) is 0 Å². The molecule has 1 N–H and O–H groups in total. The molecule has 1 aromatic rings. The number of thiazole rings is 1. The number of hydrogen-bond acceptors (Lipinski definition) is 3. The average Bonchev–Trinajstić information content (AvgIpc) is 2.71. The zero-order chi connectivity index (χ0) is 13.8. The van der Waals surface area contributed by atoms with Gasteiger partial charge < -0.3 is 10.2 Å². The van der Waals surface area contributed by atoms with Crippen LogP contribution in [0.5, 0.6) is 0 Å². The van der Waals surface area contributed by atoms with Crippen LogP contribution in [0.1, 0.15) is 17.6 Å². The summed E-state index contributed by atoms with van der Waals surface area (Å²) in [6.45, 7) is 2.76. The first-order chi connectivity index (χ1) is 8.34. The van der Waals surface area contributed by atoms with Gasteiger partial charge in [0, 0.05) is 26.0 Å². The number of nitrogens with one attached hydrogen (secondary N) is 1. The number of alkyl halides is 3. The number of aliphatic imine (C=N–C) groups is 1. The van der Waals surface area contributed by atoms with Gasteiger partial charge in [-0.2, -0.15) is 13.2 Å². The molecule has 0 atom stereocenters. The van der Waals surface area contributed by atoms with Crippen LogP contribution in [0.4, 0.5) is 13.2 Å². The molecule has 18 heavy (non-hydrogen) atoms. The van der Waals surface area contributed by atoms with Crippen molar-refractivity contribution in [2.24, 2.45) is 4.99 Å². The van der Waals surface area contributed by atoms with Gasteiger partial charge in [-0.1, -0.05) is 0 Å². The van der Waals surface area contributed by atoms with Crippen LogP contribution in [0, 0.1) is 0 Å². The molecule has 0 amide bonds. The summed E-state index contributed by atoms with van der Waals surface area (Å²) >= 11 is 0.964. The Morgan fingerprint density at radius 3 is 2.61 bits per heavy atom. The molecule has 0 fully saturated rings. The summed E-state index contributed by atoms with van der Waals surface area (Å²) in [5.41, 5.74) is -0.854. The highest BCUT2D eigenvalue weighted by Gasteiger charge is 2.33. The Morgan fingerprint density at radius 1 is 1.50 bits per heavy atom. The number of halogens is 3. The van der Waals surface area contributed by atoms with E-state index < -0.39 is 11.9 Å². The van der Waals surface area contributed by atoms with E-state index in [0.717, 1.165) is 16.7 Å². The van der Waals surface area contributed by atoms with E-state index in [2.05, 4.69) is 15.3 Å². The fraction of sp³-hybridized carbons (Fsp3) is 0.600. The van der Waals surface area contributed by atoms with Crippen molar-refractivity contribution in [3.8, 4) is 0 Å². The number of rotatable bonds is 3. The highest BCUT2D eigenvalue weighted by atomic mass is 32.1. The Labute approximate surface area is 108 Å². The monoisotopic (exact) mass is 280 g/mol. The molecule has 0 aliphatic heterocycles. The van der Waals surface area contributed by atoms with Gasteiger partial charge in [-0.25, -0.2) is 9.98 Å². The fourth-order valence-corrected chi connectivity index (χ4v) is 1.89. The van der Waals surface area contributed by atoms with Crippen LogP contribution in [0.2, 0.25) is 0 Å². The number of aromatic nitrogens is 1. The molecular formula is C10H15F3N4S. The predicted molar refractivity (Wildman–Crippen MR) is 65.6 cm³/mol. The molecular weight excluding hydrogens is 265 g/mol. The Balaban J connectivity index is 2.73. The van der Waals surface area contributed by atoms with Gasteiger partial charge in [0.2, 0.25) is 0 Å². The van der Waals surface area contributed by atoms with E-state index in [1.54, 1.807) is 4.90 Å². The molecule has 0 unspecified atom stereocenters. The van der Waals surface area contributed by atoms with Crippen LogP contribution in [0.25, 0.3) is 0 Å². The smallest absolute Gasteiger partial charge is 0.357 e. The number of nitrogens with zero attached hydrogens (tertiary/aromatic N) is 3. The highest BCUT2D eigenvalue weighted by Crippen LogP contribution is 2.30. The molecule has 0 aliphatic rings. The Kier molecular flexibility index (Phi) is 4.94. The maximum absolute atomic E-state index is 12.3. The predicted octanol–water partition coefficient (Wildman–Crippen LogP) is 2.19. The molecule has 0 aliphatic carbocycles. The maximum atomic E-state index is 12.3. The minimum atomic E-state index is -4.38. The number of guanidine groups is 1. The number of hydrogen-bond donors (Lipinski definition) is 1. The van der Waals surface area contributed by atoms with Gasteiger partial charge in [0.1, 0.15) is 5.01 Å². The molecule has 0 spiro atoms. The van der Waals surface area contributed by atoms with Gasteiger partial charge in [0.05, 0.1) is 6.54 Å². The molecule has 1 aromatic heterocycles. The van der Waals surface area contributed by atoms with Crippen LogP contribution in [0.3, 0.4) is 0 Å². The summed E-state index contributed by atoms with van der Waals surface area (Å²) in [5, 5.41) is 4.37. The minimum Gasteiger partial charge on any atom is -0.357 e. The summed E-state index contributed by atoms with van der Waals surface area (Å²) in [7, 11) is 3.62. The molecule has 102 valence electrons. The van der Waals surface area contributed by atoms with Crippen molar-refractivity contribution >= 4 is 17.3 Å².